The van der Waals surface area contributed by atoms with Crippen molar-refractivity contribution in [2.75, 3.05) is 26.4 Å². The maximum atomic E-state index is 12.6. The van der Waals surface area contributed by atoms with E-state index >= 15 is 0 Å². The molecule has 11 heteroatoms. The Labute approximate surface area is 348 Å². The Hall–Kier alpha value is -1.81. The molecule has 0 aliphatic heterocycles. The summed E-state index contributed by atoms with van der Waals surface area (Å²) in [6.45, 7) is 2.35. The van der Waals surface area contributed by atoms with E-state index in [9.17, 15) is 24.2 Å². The molecule has 0 bridgehead atoms. The molecule has 0 fully saturated rings. The molecule has 0 saturated heterocycles. The maximum Gasteiger partial charge on any atom is 0.472 e. The second-order valence-electron chi connectivity index (χ2n) is 15.4. The van der Waals surface area contributed by atoms with E-state index in [4.69, 9.17) is 23.6 Å². The van der Waals surface area contributed by atoms with Gasteiger partial charge in [-0.15, -0.1) is 0 Å². The van der Waals surface area contributed by atoms with Gasteiger partial charge in [-0.1, -0.05) is 159 Å². The van der Waals surface area contributed by atoms with Gasteiger partial charge < -0.3 is 24.6 Å². The molecule has 0 aliphatic carbocycles. The smallest absolute Gasteiger partial charge is 0.462 e. The number of carbonyl (C=O) groups is 2. The van der Waals surface area contributed by atoms with Crippen LogP contribution in [-0.4, -0.2) is 65.7 Å². The Morgan fingerprint density at radius 2 is 0.912 bits per heavy atom. The highest BCUT2D eigenvalue weighted by Crippen LogP contribution is 2.43. The molecular weight excluding hydrogens is 743 g/mol. The Morgan fingerprint density at radius 3 is 1.40 bits per heavy atom. The van der Waals surface area contributed by atoms with Crippen LogP contribution >= 0.6 is 7.82 Å². The summed E-state index contributed by atoms with van der Waals surface area (Å²) in [7, 11) is -4.62. The Morgan fingerprint density at radius 1 is 0.526 bits per heavy atom. The number of esters is 2. The molecule has 0 saturated carbocycles. The molecular formula is C46H85O10P. The number of aliphatic hydroxyl groups is 2. The number of hydrogen-bond acceptors (Lipinski definition) is 9. The van der Waals surface area contributed by atoms with Gasteiger partial charge in [-0.05, 0) is 70.6 Å². The van der Waals surface area contributed by atoms with Crippen LogP contribution in [0.2, 0.25) is 0 Å². The van der Waals surface area contributed by atoms with E-state index < -0.39 is 51.8 Å². The lowest BCUT2D eigenvalue weighted by Crippen LogP contribution is -2.29. The molecule has 0 spiro atoms. The van der Waals surface area contributed by atoms with E-state index in [1.54, 1.807) is 0 Å². The second kappa shape index (κ2) is 42.3. The number of aliphatic hydroxyl groups excluding tert-OH is 2. The number of carbonyl (C=O) groups excluding carboxylic acids is 2. The van der Waals surface area contributed by atoms with Gasteiger partial charge in [0.25, 0.3) is 0 Å². The van der Waals surface area contributed by atoms with Crippen molar-refractivity contribution >= 4 is 19.8 Å². The zero-order valence-electron chi connectivity index (χ0n) is 36.3. The summed E-state index contributed by atoms with van der Waals surface area (Å²) in [5, 5.41) is 18.3. The van der Waals surface area contributed by atoms with Crippen LogP contribution in [-0.2, 0) is 32.7 Å². The summed E-state index contributed by atoms with van der Waals surface area (Å²) >= 11 is 0. The minimum absolute atomic E-state index is 0.179. The van der Waals surface area contributed by atoms with Gasteiger partial charge in [0.1, 0.15) is 12.7 Å². The van der Waals surface area contributed by atoms with Gasteiger partial charge in [0.05, 0.1) is 19.8 Å². The molecule has 0 aromatic heterocycles. The van der Waals surface area contributed by atoms with Crippen LogP contribution in [0, 0.1) is 0 Å². The van der Waals surface area contributed by atoms with Gasteiger partial charge >= 0.3 is 19.8 Å². The molecule has 0 aromatic rings. The molecule has 0 aliphatic rings. The van der Waals surface area contributed by atoms with Gasteiger partial charge in [-0.2, -0.15) is 0 Å². The van der Waals surface area contributed by atoms with Crippen LogP contribution < -0.4 is 0 Å². The van der Waals surface area contributed by atoms with Crippen LogP contribution in [0.1, 0.15) is 206 Å². The van der Waals surface area contributed by atoms with E-state index in [2.05, 4.69) is 50.3 Å². The summed E-state index contributed by atoms with van der Waals surface area (Å²) in [6.07, 6.45) is 43.9. The number of unbranched alkanes of at least 4 members (excludes halogenated alkanes) is 23. The van der Waals surface area contributed by atoms with Gasteiger partial charge in [0, 0.05) is 12.8 Å². The van der Waals surface area contributed by atoms with Crippen molar-refractivity contribution < 1.29 is 47.8 Å². The topological polar surface area (TPSA) is 149 Å². The standard InChI is InChI=1S/C46H85O10P/c1-3-5-7-9-11-13-15-17-19-20-21-22-24-25-27-29-31-33-35-37-45(49)53-41-44(42-55-57(51,52)54-40-43(48)39-47)56-46(50)38-36-34-32-30-28-26-23-18-16-14-12-10-8-6-4-2/h11,13-14,16-17,19,43-44,47-48H,3-10,12,15,18,20-42H2,1-2H3,(H,51,52)/b13-11+,16-14+,19-17+/t43-,44+/m0/s1. The maximum absolute atomic E-state index is 12.6. The van der Waals surface area contributed by atoms with E-state index in [1.165, 1.54) is 109 Å². The van der Waals surface area contributed by atoms with E-state index in [0.717, 1.165) is 57.8 Å². The molecule has 334 valence electrons. The van der Waals surface area contributed by atoms with Crippen LogP contribution in [0.25, 0.3) is 0 Å². The molecule has 1 unspecified atom stereocenters. The van der Waals surface area contributed by atoms with Gasteiger partial charge in [0.15, 0.2) is 6.10 Å². The molecule has 0 amide bonds. The Kier molecular flexibility index (Phi) is 41.0. The van der Waals surface area contributed by atoms with E-state index in [-0.39, 0.29) is 19.4 Å². The number of phosphoric ester groups is 1. The number of rotatable bonds is 43. The highest BCUT2D eigenvalue weighted by molar-refractivity contribution is 7.47. The quantitative estimate of drug-likeness (QED) is 0.0235. The molecule has 3 N–H and O–H groups in total. The van der Waals surface area contributed by atoms with Crippen molar-refractivity contribution in [1.29, 1.82) is 0 Å². The normalized spacial score (nSPS) is 14.1. The summed E-state index contributed by atoms with van der Waals surface area (Å²) in [5.74, 6) is -0.931. The first kappa shape index (κ1) is 55.2. The predicted molar refractivity (Wildman–Crippen MR) is 233 cm³/mol. The zero-order valence-corrected chi connectivity index (χ0v) is 37.2. The van der Waals surface area contributed by atoms with Crippen molar-refractivity contribution in [3.05, 3.63) is 36.5 Å². The van der Waals surface area contributed by atoms with E-state index in [1.807, 2.05) is 0 Å². The van der Waals surface area contributed by atoms with Crippen molar-refractivity contribution in [2.45, 2.75) is 219 Å². The molecule has 0 heterocycles. The fraction of sp³-hybridized carbons (Fsp3) is 0.826. The van der Waals surface area contributed by atoms with Gasteiger partial charge in [0.2, 0.25) is 0 Å². The Balaban J connectivity index is 4.25. The van der Waals surface area contributed by atoms with Gasteiger partial charge in [-0.3, -0.25) is 18.6 Å². The molecule has 57 heavy (non-hydrogen) atoms. The summed E-state index contributed by atoms with van der Waals surface area (Å²) in [6, 6.07) is 0. The van der Waals surface area contributed by atoms with Crippen LogP contribution in [0.15, 0.2) is 36.5 Å². The van der Waals surface area contributed by atoms with Crippen molar-refractivity contribution in [3.63, 3.8) is 0 Å². The van der Waals surface area contributed by atoms with Gasteiger partial charge in [-0.25, -0.2) is 4.57 Å². The molecule has 10 nitrogen and oxygen atoms in total. The minimum Gasteiger partial charge on any atom is -0.462 e. The number of ether oxygens (including phenoxy) is 2. The highest BCUT2D eigenvalue weighted by atomic mass is 31.2. The van der Waals surface area contributed by atoms with Crippen LogP contribution in [0.4, 0.5) is 0 Å². The average Bonchev–Trinajstić information content (AvgIpc) is 3.20. The molecule has 0 aromatic carbocycles. The summed E-state index contributed by atoms with van der Waals surface area (Å²) in [5.41, 5.74) is 0. The molecule has 3 atom stereocenters. The third-order valence-corrected chi connectivity index (χ3v) is 10.7. The first-order valence-electron chi connectivity index (χ1n) is 22.9. The number of allylic oxidation sites excluding steroid dienone is 6. The lowest BCUT2D eigenvalue weighted by molar-refractivity contribution is -0.161. The van der Waals surface area contributed by atoms with Crippen molar-refractivity contribution in [3.8, 4) is 0 Å². The third-order valence-electron chi connectivity index (χ3n) is 9.77. The van der Waals surface area contributed by atoms with Crippen LogP contribution in [0.3, 0.4) is 0 Å². The van der Waals surface area contributed by atoms with Crippen molar-refractivity contribution in [1.82, 2.24) is 0 Å². The van der Waals surface area contributed by atoms with Crippen molar-refractivity contribution in [2.24, 2.45) is 0 Å². The number of phosphoric acid groups is 1. The lowest BCUT2D eigenvalue weighted by Gasteiger charge is -2.20. The average molecular weight is 829 g/mol. The van der Waals surface area contributed by atoms with E-state index in [0.29, 0.717) is 12.8 Å². The predicted octanol–water partition coefficient (Wildman–Crippen LogP) is 12.3. The largest absolute Gasteiger partial charge is 0.472 e. The summed E-state index contributed by atoms with van der Waals surface area (Å²) in [4.78, 5) is 35.0. The number of hydrogen-bond donors (Lipinski definition) is 3. The minimum atomic E-state index is -4.62. The Bertz CT molecular complexity index is 1050. The first-order valence-corrected chi connectivity index (χ1v) is 24.4. The fourth-order valence-electron chi connectivity index (χ4n) is 6.19. The lowest BCUT2D eigenvalue weighted by atomic mass is 10.1. The first-order chi connectivity index (χ1) is 27.7. The summed E-state index contributed by atoms with van der Waals surface area (Å²) < 4.78 is 32.8. The zero-order chi connectivity index (χ0) is 41.9. The SMILES string of the molecule is CCCCC/C=C/C/C=C/CCCCCCCCCCCC(=O)OC[C@H](COP(=O)(O)OC[C@@H](O)CO)OC(=O)CCCCCCCCC/C=C/CCCCCC. The highest BCUT2D eigenvalue weighted by Gasteiger charge is 2.27. The second-order valence-corrected chi connectivity index (χ2v) is 16.9. The fourth-order valence-corrected chi connectivity index (χ4v) is 6.98. The molecule has 0 rings (SSSR count). The van der Waals surface area contributed by atoms with Crippen LogP contribution in [0.5, 0.6) is 0 Å². The third kappa shape index (κ3) is 42.1. The molecule has 0 radical (unpaired) electrons. The monoisotopic (exact) mass is 829 g/mol.